The fourth-order valence-electron chi connectivity index (χ4n) is 2.75. The fourth-order valence-corrected chi connectivity index (χ4v) is 2.75. The van der Waals surface area contributed by atoms with Crippen LogP contribution in [0.1, 0.15) is 18.3 Å². The highest BCUT2D eigenvalue weighted by Gasteiger charge is 2.41. The number of fused-ring (bicyclic) bond motifs is 3. The molecule has 0 bridgehead atoms. The Balaban J connectivity index is 1.84. The Labute approximate surface area is 124 Å². The standard InChI is InChI=1S/C15H13F2N3O2/c1-21-8-2-3-11-9(4-8)13-12(22-11)6-18-14(20-13)10-5-15(16,17)7-19-10/h2-4,6,10,19H,5,7H2,1H3/t10-/m0/s1. The third kappa shape index (κ3) is 2.09. The molecule has 22 heavy (non-hydrogen) atoms. The van der Waals surface area contributed by atoms with E-state index in [1.807, 2.05) is 6.07 Å². The molecule has 0 aliphatic carbocycles. The number of methoxy groups -OCH3 is 1. The predicted molar refractivity (Wildman–Crippen MR) is 76.2 cm³/mol. The van der Waals surface area contributed by atoms with Crippen molar-refractivity contribution in [2.45, 2.75) is 18.4 Å². The van der Waals surface area contributed by atoms with E-state index in [1.54, 1.807) is 19.2 Å². The van der Waals surface area contributed by atoms with E-state index in [4.69, 9.17) is 9.15 Å². The van der Waals surface area contributed by atoms with Crippen molar-refractivity contribution >= 4 is 22.1 Å². The molecule has 1 saturated heterocycles. The number of hydrogen-bond donors (Lipinski definition) is 1. The number of rotatable bonds is 2. The van der Waals surface area contributed by atoms with E-state index in [2.05, 4.69) is 15.3 Å². The molecule has 1 fully saturated rings. The van der Waals surface area contributed by atoms with Gasteiger partial charge in [0.05, 0.1) is 31.3 Å². The number of ether oxygens (including phenoxy) is 1. The smallest absolute Gasteiger partial charge is 0.262 e. The summed E-state index contributed by atoms with van der Waals surface area (Å²) in [5, 5.41) is 3.54. The summed E-state index contributed by atoms with van der Waals surface area (Å²) in [5.41, 5.74) is 1.79. The van der Waals surface area contributed by atoms with Crippen molar-refractivity contribution in [1.82, 2.24) is 15.3 Å². The number of benzene rings is 1. The highest BCUT2D eigenvalue weighted by molar-refractivity contribution is 6.02. The zero-order valence-electron chi connectivity index (χ0n) is 11.8. The summed E-state index contributed by atoms with van der Waals surface area (Å²) in [6.45, 7) is -0.348. The number of nitrogens with zero attached hydrogens (tertiary/aromatic N) is 2. The number of halogens is 2. The second-order valence-electron chi connectivity index (χ2n) is 5.40. The summed E-state index contributed by atoms with van der Waals surface area (Å²) in [4.78, 5) is 8.59. The molecule has 4 rings (SSSR count). The van der Waals surface area contributed by atoms with E-state index in [1.165, 1.54) is 6.20 Å². The van der Waals surface area contributed by atoms with Gasteiger partial charge in [0.2, 0.25) is 0 Å². The average Bonchev–Trinajstić information content (AvgIpc) is 3.05. The quantitative estimate of drug-likeness (QED) is 0.788. The highest BCUT2D eigenvalue weighted by Crippen LogP contribution is 2.34. The molecule has 0 radical (unpaired) electrons. The van der Waals surface area contributed by atoms with Crippen LogP contribution in [0.5, 0.6) is 5.75 Å². The maximum absolute atomic E-state index is 13.3. The summed E-state index contributed by atoms with van der Waals surface area (Å²) in [6.07, 6.45) is 1.24. The lowest BCUT2D eigenvalue weighted by atomic mass is 10.1. The second-order valence-corrected chi connectivity index (χ2v) is 5.40. The number of aromatic nitrogens is 2. The lowest BCUT2D eigenvalue weighted by Gasteiger charge is -2.08. The molecule has 3 aromatic rings. The SMILES string of the molecule is COc1ccc2oc3cnc([C@@H]4CC(F)(F)CN4)nc3c2c1. The third-order valence-electron chi connectivity index (χ3n) is 3.86. The van der Waals surface area contributed by atoms with E-state index < -0.39 is 12.0 Å². The minimum absolute atomic E-state index is 0.294. The van der Waals surface area contributed by atoms with Crippen molar-refractivity contribution in [3.05, 3.63) is 30.2 Å². The first-order valence-corrected chi connectivity index (χ1v) is 6.90. The van der Waals surface area contributed by atoms with Gasteiger partial charge in [-0.3, -0.25) is 0 Å². The van der Waals surface area contributed by atoms with Crippen molar-refractivity contribution in [1.29, 1.82) is 0 Å². The number of alkyl halides is 2. The Kier molecular flexibility index (Phi) is 2.80. The average molecular weight is 305 g/mol. The third-order valence-corrected chi connectivity index (χ3v) is 3.86. The van der Waals surface area contributed by atoms with Crippen LogP contribution in [0.2, 0.25) is 0 Å². The molecule has 5 nitrogen and oxygen atoms in total. The monoisotopic (exact) mass is 305 g/mol. The molecule has 1 N–H and O–H groups in total. The van der Waals surface area contributed by atoms with E-state index in [9.17, 15) is 8.78 Å². The fraction of sp³-hybridized carbons (Fsp3) is 0.333. The normalized spacial score (nSPS) is 20.8. The number of nitrogens with one attached hydrogen (secondary N) is 1. The summed E-state index contributed by atoms with van der Waals surface area (Å²) >= 11 is 0. The van der Waals surface area contributed by atoms with E-state index >= 15 is 0 Å². The largest absolute Gasteiger partial charge is 0.497 e. The lowest BCUT2D eigenvalue weighted by molar-refractivity contribution is 0.0208. The Hall–Kier alpha value is -2.28. The van der Waals surface area contributed by atoms with Crippen LogP contribution >= 0.6 is 0 Å². The Morgan fingerprint density at radius 2 is 2.23 bits per heavy atom. The molecular formula is C15H13F2N3O2. The molecule has 7 heteroatoms. The first-order chi connectivity index (χ1) is 10.6. The van der Waals surface area contributed by atoms with Crippen molar-refractivity contribution < 1.29 is 17.9 Å². The van der Waals surface area contributed by atoms with Crippen LogP contribution in [0, 0.1) is 0 Å². The molecule has 1 aromatic carbocycles. The Bertz CT molecular complexity index is 862. The van der Waals surface area contributed by atoms with Crippen LogP contribution in [-0.4, -0.2) is 29.5 Å². The first kappa shape index (κ1) is 13.4. The molecule has 0 amide bonds. The molecule has 0 saturated carbocycles. The van der Waals surface area contributed by atoms with Gasteiger partial charge < -0.3 is 14.5 Å². The van der Waals surface area contributed by atoms with Crippen molar-refractivity contribution in [2.24, 2.45) is 0 Å². The van der Waals surface area contributed by atoms with Gasteiger partial charge in [0.15, 0.2) is 5.58 Å². The van der Waals surface area contributed by atoms with E-state index in [0.717, 1.165) is 5.39 Å². The highest BCUT2D eigenvalue weighted by atomic mass is 19.3. The number of furan rings is 1. The molecular weight excluding hydrogens is 292 g/mol. The van der Waals surface area contributed by atoms with Gasteiger partial charge in [-0.2, -0.15) is 0 Å². The van der Waals surface area contributed by atoms with Crippen LogP contribution in [0.3, 0.4) is 0 Å². The van der Waals surface area contributed by atoms with E-state index in [0.29, 0.717) is 28.3 Å². The Morgan fingerprint density at radius 1 is 1.36 bits per heavy atom. The van der Waals surface area contributed by atoms with Crippen LogP contribution in [0.4, 0.5) is 8.78 Å². The van der Waals surface area contributed by atoms with Crippen molar-refractivity contribution in [3.63, 3.8) is 0 Å². The maximum Gasteiger partial charge on any atom is 0.262 e. The second kappa shape index (κ2) is 4.61. The molecule has 3 heterocycles. The van der Waals surface area contributed by atoms with Gasteiger partial charge in [0, 0.05) is 6.42 Å². The summed E-state index contributed by atoms with van der Waals surface area (Å²) in [5.74, 6) is -1.68. The summed E-state index contributed by atoms with van der Waals surface area (Å²) in [6, 6.07) is 4.85. The van der Waals surface area contributed by atoms with Gasteiger partial charge in [-0.1, -0.05) is 0 Å². The summed E-state index contributed by atoms with van der Waals surface area (Å²) in [7, 11) is 1.58. The molecule has 0 spiro atoms. The van der Waals surface area contributed by atoms with Gasteiger partial charge in [0.1, 0.15) is 22.7 Å². The van der Waals surface area contributed by atoms with Crippen LogP contribution < -0.4 is 10.1 Å². The minimum atomic E-state index is -2.72. The van der Waals surface area contributed by atoms with Crippen molar-refractivity contribution in [3.8, 4) is 5.75 Å². The zero-order valence-corrected chi connectivity index (χ0v) is 11.8. The maximum atomic E-state index is 13.3. The lowest BCUT2D eigenvalue weighted by Crippen LogP contribution is -2.19. The van der Waals surface area contributed by atoms with Gasteiger partial charge in [-0.05, 0) is 18.2 Å². The Morgan fingerprint density at radius 3 is 2.95 bits per heavy atom. The molecule has 114 valence electrons. The summed E-state index contributed by atoms with van der Waals surface area (Å²) < 4.78 is 37.5. The minimum Gasteiger partial charge on any atom is -0.497 e. The van der Waals surface area contributed by atoms with Gasteiger partial charge in [-0.15, -0.1) is 0 Å². The first-order valence-electron chi connectivity index (χ1n) is 6.90. The van der Waals surface area contributed by atoms with Gasteiger partial charge in [0.25, 0.3) is 5.92 Å². The number of hydrogen-bond acceptors (Lipinski definition) is 5. The van der Waals surface area contributed by atoms with Crippen LogP contribution in [0.15, 0.2) is 28.8 Å². The van der Waals surface area contributed by atoms with E-state index in [-0.39, 0.29) is 13.0 Å². The van der Waals surface area contributed by atoms with Crippen molar-refractivity contribution in [2.75, 3.05) is 13.7 Å². The molecule has 1 atom stereocenters. The topological polar surface area (TPSA) is 60.2 Å². The van der Waals surface area contributed by atoms with Crippen LogP contribution in [0.25, 0.3) is 22.1 Å². The molecule has 2 aromatic heterocycles. The molecule has 0 unspecified atom stereocenters. The van der Waals surface area contributed by atoms with Gasteiger partial charge >= 0.3 is 0 Å². The predicted octanol–water partition coefficient (Wildman–Crippen LogP) is 3.05. The zero-order chi connectivity index (χ0) is 15.3. The molecule has 1 aliphatic rings. The van der Waals surface area contributed by atoms with Gasteiger partial charge in [-0.25, -0.2) is 18.7 Å². The van der Waals surface area contributed by atoms with Crippen LogP contribution in [-0.2, 0) is 0 Å². The molecule has 1 aliphatic heterocycles.